The summed E-state index contributed by atoms with van der Waals surface area (Å²) < 4.78 is 28.0. The summed E-state index contributed by atoms with van der Waals surface area (Å²) in [5.41, 5.74) is 0.309. The predicted octanol–water partition coefficient (Wildman–Crippen LogP) is 3.62. The number of aliphatic hydroxyl groups excluding tert-OH is 1. The van der Waals surface area contributed by atoms with Gasteiger partial charge in [-0.2, -0.15) is 0 Å². The van der Waals surface area contributed by atoms with Gasteiger partial charge in [0.2, 0.25) is 0 Å². The first kappa shape index (κ1) is 19.3. The van der Waals surface area contributed by atoms with Gasteiger partial charge in [-0.15, -0.1) is 11.3 Å². The maximum Gasteiger partial charge on any atom is 0.191 e. The second kappa shape index (κ2) is 8.92. The lowest BCUT2D eigenvalue weighted by atomic mass is 10.1. The summed E-state index contributed by atoms with van der Waals surface area (Å²) >= 11 is 1.56. The molecule has 142 valence electrons. The highest BCUT2D eigenvalue weighted by Crippen LogP contribution is 2.29. The molecular weight excluding hydrogens is 368 g/mol. The van der Waals surface area contributed by atoms with E-state index in [4.69, 9.17) is 0 Å². The first-order valence-corrected chi connectivity index (χ1v) is 9.44. The van der Waals surface area contributed by atoms with Crippen LogP contribution >= 0.6 is 11.3 Å². The molecule has 0 amide bonds. The van der Waals surface area contributed by atoms with Gasteiger partial charge in [-0.25, -0.2) is 8.78 Å². The first-order chi connectivity index (χ1) is 13.1. The van der Waals surface area contributed by atoms with E-state index in [1.165, 1.54) is 6.07 Å². The van der Waals surface area contributed by atoms with E-state index in [0.29, 0.717) is 31.0 Å². The Morgan fingerprint density at radius 1 is 1.15 bits per heavy atom. The summed E-state index contributed by atoms with van der Waals surface area (Å²) in [6.45, 7) is 0.680. The van der Waals surface area contributed by atoms with Gasteiger partial charge in [-0.3, -0.25) is 4.99 Å². The first-order valence-electron chi connectivity index (χ1n) is 8.62. The van der Waals surface area contributed by atoms with Gasteiger partial charge < -0.3 is 15.7 Å². The Kier molecular flexibility index (Phi) is 6.36. The number of aliphatic hydroxyl groups is 1. The molecule has 0 aliphatic carbocycles. The van der Waals surface area contributed by atoms with Crippen molar-refractivity contribution >= 4 is 27.4 Å². The van der Waals surface area contributed by atoms with Crippen molar-refractivity contribution in [2.24, 2.45) is 4.99 Å². The molecule has 0 aliphatic rings. The lowest BCUT2D eigenvalue weighted by Gasteiger charge is -2.14. The Morgan fingerprint density at radius 3 is 2.74 bits per heavy atom. The maximum absolute atomic E-state index is 13.7. The highest BCUT2D eigenvalue weighted by Gasteiger charge is 2.12. The van der Waals surface area contributed by atoms with Crippen molar-refractivity contribution in [3.63, 3.8) is 0 Å². The molecule has 27 heavy (non-hydrogen) atoms. The van der Waals surface area contributed by atoms with Gasteiger partial charge in [-0.1, -0.05) is 30.3 Å². The van der Waals surface area contributed by atoms with E-state index >= 15 is 0 Å². The van der Waals surface area contributed by atoms with Gasteiger partial charge in [-0.05, 0) is 35.6 Å². The van der Waals surface area contributed by atoms with Crippen molar-refractivity contribution in [2.45, 2.75) is 12.5 Å². The number of fused-ring (bicyclic) bond motifs is 1. The minimum atomic E-state index is -0.846. The van der Waals surface area contributed by atoms with E-state index < -0.39 is 17.7 Å². The Bertz CT molecular complexity index is 909. The van der Waals surface area contributed by atoms with Crippen molar-refractivity contribution < 1.29 is 13.9 Å². The molecular formula is C20H21F2N3OS. The van der Waals surface area contributed by atoms with E-state index in [2.05, 4.69) is 15.6 Å². The normalized spacial score (nSPS) is 13.0. The number of thiophene rings is 1. The van der Waals surface area contributed by atoms with Gasteiger partial charge in [0, 0.05) is 29.7 Å². The van der Waals surface area contributed by atoms with Crippen molar-refractivity contribution in [3.8, 4) is 0 Å². The smallest absolute Gasteiger partial charge is 0.191 e. The average Bonchev–Trinajstić information content (AvgIpc) is 3.12. The summed E-state index contributed by atoms with van der Waals surface area (Å²) in [5.74, 6) is -1.17. The largest absolute Gasteiger partial charge is 0.386 e. The van der Waals surface area contributed by atoms with Crippen LogP contribution in [0.4, 0.5) is 8.78 Å². The van der Waals surface area contributed by atoms with Crippen LogP contribution in [-0.4, -0.2) is 31.2 Å². The molecule has 4 nitrogen and oxygen atoms in total. The molecule has 1 aromatic heterocycles. The zero-order valence-corrected chi connectivity index (χ0v) is 15.7. The molecule has 0 saturated carbocycles. The number of halogens is 2. The third-order valence-electron chi connectivity index (χ3n) is 4.18. The van der Waals surface area contributed by atoms with E-state index in [1.54, 1.807) is 24.5 Å². The molecule has 0 radical (unpaired) electrons. The SMILES string of the molecule is CN=C(NCCc1cccc(F)c1F)NCC(O)c1cc2ccccc2s1. The van der Waals surface area contributed by atoms with Crippen molar-refractivity contribution in [3.05, 3.63) is 70.6 Å². The lowest BCUT2D eigenvalue weighted by molar-refractivity contribution is 0.184. The van der Waals surface area contributed by atoms with Crippen LogP contribution in [0.25, 0.3) is 10.1 Å². The van der Waals surface area contributed by atoms with Crippen LogP contribution < -0.4 is 10.6 Å². The van der Waals surface area contributed by atoms with Crippen molar-refractivity contribution in [2.75, 3.05) is 20.1 Å². The topological polar surface area (TPSA) is 56.7 Å². The summed E-state index contributed by atoms with van der Waals surface area (Å²) in [7, 11) is 1.62. The molecule has 7 heteroatoms. The van der Waals surface area contributed by atoms with Gasteiger partial charge in [0.05, 0.1) is 0 Å². The van der Waals surface area contributed by atoms with Crippen LogP contribution in [-0.2, 0) is 6.42 Å². The second-order valence-corrected chi connectivity index (χ2v) is 7.16. The molecule has 3 rings (SSSR count). The highest BCUT2D eigenvalue weighted by molar-refractivity contribution is 7.19. The summed E-state index contributed by atoms with van der Waals surface area (Å²) in [6, 6.07) is 14.1. The predicted molar refractivity (Wildman–Crippen MR) is 106 cm³/mol. The Hall–Kier alpha value is -2.51. The lowest BCUT2D eigenvalue weighted by Crippen LogP contribution is -2.40. The number of rotatable bonds is 6. The van der Waals surface area contributed by atoms with Crippen LogP contribution in [0.3, 0.4) is 0 Å². The quantitative estimate of drug-likeness (QED) is 0.446. The molecule has 2 aromatic carbocycles. The highest BCUT2D eigenvalue weighted by atomic mass is 32.1. The van der Waals surface area contributed by atoms with Crippen molar-refractivity contribution in [1.82, 2.24) is 10.6 Å². The molecule has 1 heterocycles. The zero-order valence-electron chi connectivity index (χ0n) is 14.9. The molecule has 1 atom stereocenters. The van der Waals surface area contributed by atoms with E-state index in [-0.39, 0.29) is 0 Å². The van der Waals surface area contributed by atoms with Gasteiger partial charge >= 0.3 is 0 Å². The van der Waals surface area contributed by atoms with E-state index in [9.17, 15) is 13.9 Å². The van der Waals surface area contributed by atoms with Gasteiger partial charge in [0.25, 0.3) is 0 Å². The number of hydrogen-bond acceptors (Lipinski definition) is 3. The van der Waals surface area contributed by atoms with Crippen molar-refractivity contribution in [1.29, 1.82) is 0 Å². The number of guanidine groups is 1. The van der Waals surface area contributed by atoms with E-state index in [0.717, 1.165) is 21.0 Å². The minimum absolute atomic E-state index is 0.292. The number of nitrogens with zero attached hydrogens (tertiary/aromatic N) is 1. The second-order valence-electron chi connectivity index (χ2n) is 6.05. The van der Waals surface area contributed by atoms with Crippen LogP contribution in [0, 0.1) is 11.6 Å². The summed E-state index contributed by atoms with van der Waals surface area (Å²) in [6.07, 6.45) is -0.343. The average molecular weight is 389 g/mol. The number of hydrogen-bond donors (Lipinski definition) is 3. The fourth-order valence-corrected chi connectivity index (χ4v) is 3.79. The standard InChI is InChI=1S/C20H21F2N3OS/c1-23-20(24-10-9-13-6-4-7-15(21)19(13)22)25-12-16(26)18-11-14-5-2-3-8-17(14)27-18/h2-8,11,16,26H,9-10,12H2,1H3,(H2,23,24,25). The number of aliphatic imine (C=N–C) groups is 1. The molecule has 0 bridgehead atoms. The Balaban J connectivity index is 1.50. The molecule has 0 saturated heterocycles. The van der Waals surface area contributed by atoms with Gasteiger partial charge in [0.1, 0.15) is 6.10 Å². The zero-order chi connectivity index (χ0) is 19.2. The third kappa shape index (κ3) is 4.81. The third-order valence-corrected chi connectivity index (χ3v) is 5.40. The van der Waals surface area contributed by atoms with Crippen LogP contribution in [0.1, 0.15) is 16.5 Å². The minimum Gasteiger partial charge on any atom is -0.386 e. The monoisotopic (exact) mass is 389 g/mol. The molecule has 1 unspecified atom stereocenters. The molecule has 0 fully saturated rings. The fourth-order valence-electron chi connectivity index (χ4n) is 2.74. The summed E-state index contributed by atoms with van der Waals surface area (Å²) in [4.78, 5) is 4.96. The van der Waals surface area contributed by atoms with E-state index in [1.807, 2.05) is 30.3 Å². The molecule has 3 N–H and O–H groups in total. The van der Waals surface area contributed by atoms with Crippen LogP contribution in [0.5, 0.6) is 0 Å². The Morgan fingerprint density at radius 2 is 1.96 bits per heavy atom. The number of nitrogens with one attached hydrogen (secondary N) is 2. The van der Waals surface area contributed by atoms with Crippen LogP contribution in [0.15, 0.2) is 53.5 Å². The maximum atomic E-state index is 13.7. The Labute approximate surface area is 160 Å². The fraction of sp³-hybridized carbons (Fsp3) is 0.250. The molecule has 0 spiro atoms. The molecule has 3 aromatic rings. The van der Waals surface area contributed by atoms with Gasteiger partial charge in [0.15, 0.2) is 17.6 Å². The van der Waals surface area contributed by atoms with Crippen LogP contribution in [0.2, 0.25) is 0 Å². The summed E-state index contributed by atoms with van der Waals surface area (Å²) in [5, 5.41) is 17.6. The molecule has 0 aliphatic heterocycles. The number of benzene rings is 2.